The standard InChI is InChI=1S/C16H22O/c1-14(2)12-8-7-11(10-17)9-13(12)15(3,4)16(14,5)6/h7-10H,1-6H3. The summed E-state index contributed by atoms with van der Waals surface area (Å²) in [6, 6.07) is 6.14. The second kappa shape index (κ2) is 3.22. The average molecular weight is 230 g/mol. The first-order valence-electron chi connectivity index (χ1n) is 6.26. The maximum absolute atomic E-state index is 10.9. The topological polar surface area (TPSA) is 17.1 Å². The number of carbonyl (C=O) groups excluding carboxylic acids is 1. The molecule has 0 heterocycles. The van der Waals surface area contributed by atoms with Gasteiger partial charge >= 0.3 is 0 Å². The van der Waals surface area contributed by atoms with Gasteiger partial charge in [0.1, 0.15) is 6.29 Å². The molecule has 0 aliphatic heterocycles. The van der Waals surface area contributed by atoms with E-state index in [9.17, 15) is 4.79 Å². The third-order valence-electron chi connectivity index (χ3n) is 5.65. The van der Waals surface area contributed by atoms with Crippen molar-refractivity contribution < 1.29 is 4.79 Å². The molecule has 1 aromatic carbocycles. The molecule has 0 saturated carbocycles. The van der Waals surface area contributed by atoms with Crippen molar-refractivity contribution >= 4 is 6.29 Å². The van der Waals surface area contributed by atoms with E-state index in [1.54, 1.807) is 0 Å². The molecule has 0 atom stereocenters. The first-order chi connectivity index (χ1) is 7.66. The average Bonchev–Trinajstić information content (AvgIpc) is 2.36. The summed E-state index contributed by atoms with van der Waals surface area (Å²) in [5.41, 5.74) is 3.89. The molecule has 0 spiro atoms. The van der Waals surface area contributed by atoms with E-state index >= 15 is 0 Å². The van der Waals surface area contributed by atoms with E-state index in [2.05, 4.69) is 53.7 Å². The van der Waals surface area contributed by atoms with Gasteiger partial charge in [-0.2, -0.15) is 0 Å². The molecule has 0 radical (unpaired) electrons. The Morgan fingerprint density at radius 1 is 0.882 bits per heavy atom. The van der Waals surface area contributed by atoms with E-state index in [0.29, 0.717) is 0 Å². The van der Waals surface area contributed by atoms with Crippen LogP contribution in [-0.2, 0) is 10.8 Å². The molecule has 1 aliphatic rings. The predicted octanol–water partition coefficient (Wildman–Crippen LogP) is 4.09. The number of hydrogen-bond acceptors (Lipinski definition) is 1. The lowest BCUT2D eigenvalue weighted by atomic mass is 9.59. The molecule has 2 rings (SSSR count). The highest BCUT2D eigenvalue weighted by molar-refractivity contribution is 5.76. The number of rotatable bonds is 1. The van der Waals surface area contributed by atoms with Crippen LogP contribution in [0.1, 0.15) is 63.0 Å². The zero-order valence-electron chi connectivity index (χ0n) is 11.7. The fourth-order valence-corrected chi connectivity index (χ4v) is 3.15. The summed E-state index contributed by atoms with van der Waals surface area (Å²) in [6.07, 6.45) is 0.939. The molecule has 0 bridgehead atoms. The summed E-state index contributed by atoms with van der Waals surface area (Å²) >= 11 is 0. The van der Waals surface area contributed by atoms with Crippen LogP contribution in [0, 0.1) is 5.41 Å². The van der Waals surface area contributed by atoms with Gasteiger partial charge in [-0.25, -0.2) is 0 Å². The van der Waals surface area contributed by atoms with E-state index in [0.717, 1.165) is 11.8 Å². The van der Waals surface area contributed by atoms with Crippen molar-refractivity contribution in [3.8, 4) is 0 Å². The Bertz CT molecular complexity index is 478. The quantitative estimate of drug-likeness (QED) is 0.664. The molecule has 1 aromatic rings. The van der Waals surface area contributed by atoms with Crippen molar-refractivity contribution in [1.29, 1.82) is 0 Å². The number of fused-ring (bicyclic) bond motifs is 1. The minimum Gasteiger partial charge on any atom is -0.298 e. The van der Waals surface area contributed by atoms with Crippen molar-refractivity contribution in [3.05, 3.63) is 34.9 Å². The summed E-state index contributed by atoms with van der Waals surface area (Å²) in [4.78, 5) is 10.9. The summed E-state index contributed by atoms with van der Waals surface area (Å²) in [5, 5.41) is 0. The van der Waals surface area contributed by atoms with Crippen molar-refractivity contribution in [2.75, 3.05) is 0 Å². The molecule has 1 nitrogen and oxygen atoms in total. The maximum Gasteiger partial charge on any atom is 0.150 e. The molecule has 0 N–H and O–H groups in total. The number of benzene rings is 1. The Kier molecular flexibility index (Phi) is 2.34. The Balaban J connectivity index is 2.77. The van der Waals surface area contributed by atoms with E-state index in [4.69, 9.17) is 0 Å². The van der Waals surface area contributed by atoms with E-state index in [-0.39, 0.29) is 16.2 Å². The smallest absolute Gasteiger partial charge is 0.150 e. The molecule has 92 valence electrons. The van der Waals surface area contributed by atoms with E-state index in [1.165, 1.54) is 11.1 Å². The Morgan fingerprint density at radius 3 is 1.94 bits per heavy atom. The molecule has 1 heteroatoms. The van der Waals surface area contributed by atoms with Gasteiger partial charge in [0, 0.05) is 5.56 Å². The first kappa shape index (κ1) is 12.3. The zero-order chi connectivity index (χ0) is 13.1. The van der Waals surface area contributed by atoms with E-state index < -0.39 is 0 Å². The minimum absolute atomic E-state index is 0.0881. The van der Waals surface area contributed by atoms with Gasteiger partial charge < -0.3 is 0 Å². The Hall–Kier alpha value is -1.11. The van der Waals surface area contributed by atoms with Gasteiger partial charge in [-0.15, -0.1) is 0 Å². The zero-order valence-corrected chi connectivity index (χ0v) is 11.7. The van der Waals surface area contributed by atoms with Crippen LogP contribution in [0.15, 0.2) is 18.2 Å². The van der Waals surface area contributed by atoms with Crippen LogP contribution in [0.5, 0.6) is 0 Å². The van der Waals surface area contributed by atoms with Crippen molar-refractivity contribution in [2.24, 2.45) is 5.41 Å². The van der Waals surface area contributed by atoms with E-state index in [1.807, 2.05) is 6.07 Å². The number of carbonyl (C=O) groups is 1. The van der Waals surface area contributed by atoms with Crippen LogP contribution >= 0.6 is 0 Å². The summed E-state index contributed by atoms with van der Waals surface area (Å²) in [6.45, 7) is 13.8. The lowest BCUT2D eigenvalue weighted by Crippen LogP contribution is -2.42. The van der Waals surface area contributed by atoms with Crippen LogP contribution in [0.3, 0.4) is 0 Å². The molecular weight excluding hydrogens is 208 g/mol. The lowest BCUT2D eigenvalue weighted by Gasteiger charge is -2.44. The van der Waals surface area contributed by atoms with Crippen molar-refractivity contribution in [1.82, 2.24) is 0 Å². The Morgan fingerprint density at radius 2 is 1.41 bits per heavy atom. The SMILES string of the molecule is CC1(C)c2ccc(C=O)cc2C(C)(C)C1(C)C. The molecule has 0 aromatic heterocycles. The monoisotopic (exact) mass is 230 g/mol. The highest BCUT2D eigenvalue weighted by Crippen LogP contribution is 2.61. The van der Waals surface area contributed by atoms with Crippen LogP contribution in [-0.4, -0.2) is 6.29 Å². The fraction of sp³-hybridized carbons (Fsp3) is 0.562. The van der Waals surface area contributed by atoms with Gasteiger partial charge in [0.15, 0.2) is 0 Å². The highest BCUT2D eigenvalue weighted by atomic mass is 16.1. The Labute approximate surface area is 104 Å². The maximum atomic E-state index is 10.9. The lowest BCUT2D eigenvalue weighted by molar-refractivity contribution is 0.112. The van der Waals surface area contributed by atoms with Crippen LogP contribution in [0.4, 0.5) is 0 Å². The van der Waals surface area contributed by atoms with Gasteiger partial charge in [0.25, 0.3) is 0 Å². The normalized spacial score (nSPS) is 23.2. The van der Waals surface area contributed by atoms with Crippen LogP contribution < -0.4 is 0 Å². The van der Waals surface area contributed by atoms with Gasteiger partial charge in [-0.3, -0.25) is 4.79 Å². The fourth-order valence-electron chi connectivity index (χ4n) is 3.15. The molecule has 0 fully saturated rings. The van der Waals surface area contributed by atoms with Crippen LogP contribution in [0.25, 0.3) is 0 Å². The van der Waals surface area contributed by atoms with Crippen molar-refractivity contribution in [3.63, 3.8) is 0 Å². The number of aldehydes is 1. The molecule has 17 heavy (non-hydrogen) atoms. The largest absolute Gasteiger partial charge is 0.298 e. The minimum atomic E-state index is 0.0881. The number of hydrogen-bond donors (Lipinski definition) is 0. The molecule has 0 amide bonds. The van der Waals surface area contributed by atoms with Gasteiger partial charge in [-0.1, -0.05) is 53.7 Å². The second-order valence-electron chi connectivity index (χ2n) is 6.80. The summed E-state index contributed by atoms with van der Waals surface area (Å²) in [7, 11) is 0. The first-order valence-corrected chi connectivity index (χ1v) is 6.26. The molecular formula is C16H22O. The van der Waals surface area contributed by atoms with Gasteiger partial charge in [-0.05, 0) is 33.4 Å². The van der Waals surface area contributed by atoms with Gasteiger partial charge in [0.05, 0.1) is 0 Å². The predicted molar refractivity (Wildman–Crippen MR) is 71.7 cm³/mol. The van der Waals surface area contributed by atoms with Crippen molar-refractivity contribution in [2.45, 2.75) is 52.4 Å². The van der Waals surface area contributed by atoms with Crippen LogP contribution in [0.2, 0.25) is 0 Å². The summed E-state index contributed by atoms with van der Waals surface area (Å²) in [5.74, 6) is 0. The third-order valence-corrected chi connectivity index (χ3v) is 5.65. The second-order valence-corrected chi connectivity index (χ2v) is 6.80. The highest BCUT2D eigenvalue weighted by Gasteiger charge is 2.56. The summed E-state index contributed by atoms with van der Waals surface area (Å²) < 4.78 is 0. The molecule has 1 aliphatic carbocycles. The molecule has 0 unspecified atom stereocenters. The molecule has 0 saturated heterocycles. The van der Waals surface area contributed by atoms with Gasteiger partial charge in [0.2, 0.25) is 0 Å². The third kappa shape index (κ3) is 1.28.